The average Bonchev–Trinajstić information content (AvgIpc) is 2.31. The molecule has 0 fully saturated rings. The Hall–Kier alpha value is -1.50. The molecule has 0 atom stereocenters. The summed E-state index contributed by atoms with van der Waals surface area (Å²) in [5, 5.41) is 0. The van der Waals surface area contributed by atoms with Crippen LogP contribution in [0.4, 0.5) is 22.0 Å². The first-order valence-electron chi connectivity index (χ1n) is 4.93. The van der Waals surface area contributed by atoms with Crippen molar-refractivity contribution in [2.75, 3.05) is 6.61 Å². The van der Waals surface area contributed by atoms with Gasteiger partial charge in [0, 0.05) is 0 Å². The highest BCUT2D eigenvalue weighted by atomic mass is 19.2. The first-order chi connectivity index (χ1) is 8.27. The number of Topliss-reactive ketones (excluding diaryl/α,β-unsaturated/α-hetero) is 1. The maximum absolute atomic E-state index is 13.2. The van der Waals surface area contributed by atoms with Gasteiger partial charge in [-0.15, -0.1) is 0 Å². The van der Waals surface area contributed by atoms with Gasteiger partial charge in [-0.2, -0.15) is 0 Å². The Morgan fingerprint density at radius 3 is 1.72 bits per heavy atom. The van der Waals surface area contributed by atoms with Gasteiger partial charge in [0.2, 0.25) is 5.82 Å². The second-order valence-electron chi connectivity index (χ2n) is 3.73. The molecule has 0 aliphatic rings. The van der Waals surface area contributed by atoms with E-state index in [0.29, 0.717) is 0 Å². The Bertz CT molecular complexity index is 456. The van der Waals surface area contributed by atoms with Crippen molar-refractivity contribution in [2.45, 2.75) is 20.0 Å². The number of halogens is 5. The molecule has 100 valence electrons. The van der Waals surface area contributed by atoms with Crippen LogP contribution in [0, 0.1) is 29.1 Å². The monoisotopic (exact) mass is 268 g/mol. The lowest BCUT2D eigenvalue weighted by molar-refractivity contribution is 0.0575. The quantitative estimate of drug-likeness (QED) is 0.363. The van der Waals surface area contributed by atoms with E-state index in [-0.39, 0.29) is 0 Å². The van der Waals surface area contributed by atoms with E-state index in [2.05, 4.69) is 0 Å². The topological polar surface area (TPSA) is 26.3 Å². The zero-order valence-electron chi connectivity index (χ0n) is 9.49. The molecular weight excluding hydrogens is 259 g/mol. The van der Waals surface area contributed by atoms with Gasteiger partial charge >= 0.3 is 0 Å². The van der Waals surface area contributed by atoms with Crippen LogP contribution in [0.2, 0.25) is 0 Å². The summed E-state index contributed by atoms with van der Waals surface area (Å²) in [5.41, 5.74) is -1.48. The predicted molar refractivity (Wildman–Crippen MR) is 51.7 cm³/mol. The molecule has 0 aromatic heterocycles. The smallest absolute Gasteiger partial charge is 0.200 e. The lowest BCUT2D eigenvalue weighted by Gasteiger charge is -2.09. The third-order valence-corrected chi connectivity index (χ3v) is 2.04. The molecule has 0 N–H and O–H groups in total. The van der Waals surface area contributed by atoms with E-state index in [1.807, 2.05) is 0 Å². The fraction of sp³-hybridized carbons (Fsp3) is 0.364. The van der Waals surface area contributed by atoms with Crippen molar-refractivity contribution < 1.29 is 31.5 Å². The van der Waals surface area contributed by atoms with Crippen LogP contribution in [0.15, 0.2) is 0 Å². The van der Waals surface area contributed by atoms with E-state index >= 15 is 0 Å². The van der Waals surface area contributed by atoms with Gasteiger partial charge in [0.25, 0.3) is 0 Å². The van der Waals surface area contributed by atoms with Gasteiger partial charge in [-0.25, -0.2) is 22.0 Å². The molecule has 0 radical (unpaired) electrons. The van der Waals surface area contributed by atoms with Crippen molar-refractivity contribution >= 4 is 5.78 Å². The molecule has 0 spiro atoms. The summed E-state index contributed by atoms with van der Waals surface area (Å²) in [6.45, 7) is 2.33. The van der Waals surface area contributed by atoms with E-state index in [1.54, 1.807) is 13.8 Å². The van der Waals surface area contributed by atoms with Crippen LogP contribution in [-0.2, 0) is 4.74 Å². The molecule has 0 aliphatic carbocycles. The summed E-state index contributed by atoms with van der Waals surface area (Å²) >= 11 is 0. The van der Waals surface area contributed by atoms with Crippen molar-refractivity contribution in [1.82, 2.24) is 0 Å². The second kappa shape index (κ2) is 5.43. The molecule has 0 saturated carbocycles. The van der Waals surface area contributed by atoms with Crippen LogP contribution in [0.25, 0.3) is 0 Å². The van der Waals surface area contributed by atoms with Gasteiger partial charge in [-0.1, -0.05) is 0 Å². The number of hydrogen-bond acceptors (Lipinski definition) is 2. The van der Waals surface area contributed by atoms with Gasteiger partial charge in [0.1, 0.15) is 6.61 Å². The molecule has 0 unspecified atom stereocenters. The molecule has 18 heavy (non-hydrogen) atoms. The van der Waals surface area contributed by atoms with Crippen molar-refractivity contribution in [3.8, 4) is 0 Å². The fourth-order valence-corrected chi connectivity index (χ4v) is 1.16. The lowest BCUT2D eigenvalue weighted by Crippen LogP contribution is -2.19. The zero-order chi connectivity index (χ0) is 14.0. The first-order valence-corrected chi connectivity index (χ1v) is 4.93. The van der Waals surface area contributed by atoms with Crippen LogP contribution >= 0.6 is 0 Å². The molecule has 0 aliphatic heterocycles. The van der Waals surface area contributed by atoms with Crippen molar-refractivity contribution in [1.29, 1.82) is 0 Å². The van der Waals surface area contributed by atoms with E-state index in [0.717, 1.165) is 0 Å². The molecule has 0 bridgehead atoms. The molecule has 1 aromatic carbocycles. The SMILES string of the molecule is CC(C)OCC(=O)c1c(F)c(F)c(F)c(F)c1F. The minimum Gasteiger partial charge on any atom is -0.371 e. The lowest BCUT2D eigenvalue weighted by atomic mass is 10.1. The Morgan fingerprint density at radius 2 is 1.33 bits per heavy atom. The molecular formula is C11H9F5O2. The van der Waals surface area contributed by atoms with Gasteiger partial charge in [-0.3, -0.25) is 4.79 Å². The van der Waals surface area contributed by atoms with E-state index in [1.165, 1.54) is 0 Å². The Kier molecular flexibility index (Phi) is 4.39. The number of carbonyl (C=O) groups is 1. The van der Waals surface area contributed by atoms with E-state index < -0.39 is 53.1 Å². The van der Waals surface area contributed by atoms with Gasteiger partial charge in [-0.05, 0) is 13.8 Å². The third kappa shape index (κ3) is 2.66. The van der Waals surface area contributed by atoms with Gasteiger partial charge in [0.15, 0.2) is 29.1 Å². The predicted octanol–water partition coefficient (Wildman–Crippen LogP) is 2.99. The fourth-order valence-electron chi connectivity index (χ4n) is 1.16. The van der Waals surface area contributed by atoms with Crippen LogP contribution in [0.1, 0.15) is 24.2 Å². The number of carbonyl (C=O) groups excluding carboxylic acids is 1. The Morgan fingerprint density at radius 1 is 0.944 bits per heavy atom. The third-order valence-electron chi connectivity index (χ3n) is 2.04. The minimum absolute atomic E-state index is 0.421. The summed E-state index contributed by atoms with van der Waals surface area (Å²) in [4.78, 5) is 11.3. The molecule has 1 aromatic rings. The van der Waals surface area contributed by atoms with Crippen LogP contribution < -0.4 is 0 Å². The number of rotatable bonds is 4. The summed E-state index contributed by atoms with van der Waals surface area (Å²) in [6.07, 6.45) is -0.421. The molecule has 0 amide bonds. The summed E-state index contributed by atoms with van der Waals surface area (Å²) in [5.74, 6) is -12.2. The Labute approximate surface area is 99.4 Å². The van der Waals surface area contributed by atoms with Crippen molar-refractivity contribution in [3.63, 3.8) is 0 Å². The number of ether oxygens (including phenoxy) is 1. The molecule has 0 heterocycles. The highest BCUT2D eigenvalue weighted by Crippen LogP contribution is 2.23. The second-order valence-corrected chi connectivity index (χ2v) is 3.73. The zero-order valence-corrected chi connectivity index (χ0v) is 9.49. The number of benzene rings is 1. The van der Waals surface area contributed by atoms with E-state index in [4.69, 9.17) is 4.74 Å². The largest absolute Gasteiger partial charge is 0.371 e. The van der Waals surface area contributed by atoms with Crippen LogP contribution in [-0.4, -0.2) is 18.5 Å². The first kappa shape index (κ1) is 14.6. The highest BCUT2D eigenvalue weighted by Gasteiger charge is 2.29. The molecule has 0 saturated heterocycles. The van der Waals surface area contributed by atoms with Crippen molar-refractivity contribution in [3.05, 3.63) is 34.6 Å². The maximum atomic E-state index is 13.2. The van der Waals surface area contributed by atoms with Crippen molar-refractivity contribution in [2.24, 2.45) is 0 Å². The average molecular weight is 268 g/mol. The summed E-state index contributed by atoms with van der Waals surface area (Å²) in [7, 11) is 0. The van der Waals surface area contributed by atoms with E-state index in [9.17, 15) is 26.7 Å². The van der Waals surface area contributed by atoms with Crippen LogP contribution in [0.5, 0.6) is 0 Å². The molecule has 7 heteroatoms. The highest BCUT2D eigenvalue weighted by molar-refractivity contribution is 5.97. The van der Waals surface area contributed by atoms with Gasteiger partial charge < -0.3 is 4.74 Å². The number of hydrogen-bond donors (Lipinski definition) is 0. The molecule has 2 nitrogen and oxygen atoms in total. The standard InChI is InChI=1S/C11H9F5O2/c1-4(2)18-3-5(17)6-7(12)9(14)11(16)10(15)8(6)13/h4H,3H2,1-2H3. The summed E-state index contributed by atoms with van der Waals surface area (Å²) in [6, 6.07) is 0. The normalized spacial score (nSPS) is 11.1. The van der Waals surface area contributed by atoms with Gasteiger partial charge in [0.05, 0.1) is 11.7 Å². The minimum atomic E-state index is -2.30. The number of ketones is 1. The Balaban J connectivity index is 3.21. The molecule has 1 rings (SSSR count). The maximum Gasteiger partial charge on any atom is 0.200 e. The summed E-state index contributed by atoms with van der Waals surface area (Å²) < 4.78 is 69.4. The van der Waals surface area contributed by atoms with Crippen LogP contribution in [0.3, 0.4) is 0 Å².